The molecule has 0 aromatic rings. The molecule has 194 valence electrons. The standard InChI is InChI=1S/C29H61ClSSi/c1-32(2,30)29-27-25-23-21-19-17-15-13-11-9-7-5-3-4-6-8-10-12-14-16-18-20-22-24-26-28-31/h31H,3-29H2,1-2H3. The summed E-state index contributed by atoms with van der Waals surface area (Å²) in [7, 11) is -1.31. The second-order valence-electron chi connectivity index (χ2n) is 11.0. The van der Waals surface area contributed by atoms with Gasteiger partial charge in [0, 0.05) is 0 Å². The third kappa shape index (κ3) is 30.9. The Labute approximate surface area is 216 Å². The molecular formula is C29H61ClSSi. The van der Waals surface area contributed by atoms with E-state index in [1.165, 1.54) is 167 Å². The van der Waals surface area contributed by atoms with Crippen LogP contribution in [0.4, 0.5) is 0 Å². The molecule has 0 saturated heterocycles. The van der Waals surface area contributed by atoms with Gasteiger partial charge >= 0.3 is 0 Å². The molecule has 0 heterocycles. The molecule has 0 aliphatic carbocycles. The van der Waals surface area contributed by atoms with Crippen LogP contribution in [0, 0.1) is 0 Å². The maximum Gasteiger partial charge on any atom is 0.150 e. The van der Waals surface area contributed by atoms with Crippen molar-refractivity contribution in [1.29, 1.82) is 0 Å². The molecule has 0 nitrogen and oxygen atoms in total. The summed E-state index contributed by atoms with van der Waals surface area (Å²) in [4.78, 5) is 0. The van der Waals surface area contributed by atoms with Crippen LogP contribution in [0.1, 0.15) is 161 Å². The third-order valence-electron chi connectivity index (χ3n) is 6.93. The Hall–Kier alpha value is 0.857. The van der Waals surface area contributed by atoms with Gasteiger partial charge in [-0.05, 0) is 18.2 Å². The Morgan fingerprint density at radius 1 is 0.375 bits per heavy atom. The normalized spacial score (nSPS) is 12.0. The van der Waals surface area contributed by atoms with Gasteiger partial charge in [0.05, 0.1) is 0 Å². The lowest BCUT2D eigenvalue weighted by molar-refractivity contribution is 0.517. The van der Waals surface area contributed by atoms with E-state index in [0.29, 0.717) is 0 Å². The van der Waals surface area contributed by atoms with E-state index in [2.05, 4.69) is 25.7 Å². The Morgan fingerprint density at radius 3 is 0.750 bits per heavy atom. The van der Waals surface area contributed by atoms with E-state index < -0.39 is 7.38 Å². The number of hydrogen-bond acceptors (Lipinski definition) is 1. The zero-order valence-electron chi connectivity index (χ0n) is 22.4. The summed E-state index contributed by atoms with van der Waals surface area (Å²) < 4.78 is 0. The SMILES string of the molecule is C[Si](C)(Cl)CCCCCCCCCCCCCCCCCCCCCCCCCCCS. The fraction of sp³-hybridized carbons (Fsp3) is 1.00. The van der Waals surface area contributed by atoms with Crippen molar-refractivity contribution in [2.75, 3.05) is 5.75 Å². The van der Waals surface area contributed by atoms with Crippen LogP contribution in [0.15, 0.2) is 0 Å². The second-order valence-corrected chi connectivity index (χ2v) is 18.5. The summed E-state index contributed by atoms with van der Waals surface area (Å²) in [6.07, 6.45) is 36.3. The molecule has 0 aromatic heterocycles. The minimum absolute atomic E-state index is 1.07. The van der Waals surface area contributed by atoms with Gasteiger partial charge in [-0.2, -0.15) is 23.7 Å². The summed E-state index contributed by atoms with van der Waals surface area (Å²) in [6.45, 7) is 4.54. The van der Waals surface area contributed by atoms with E-state index in [4.69, 9.17) is 11.1 Å². The fourth-order valence-electron chi connectivity index (χ4n) is 4.72. The Kier molecular flexibility index (Phi) is 27.2. The van der Waals surface area contributed by atoms with E-state index in [0.717, 1.165) is 5.75 Å². The van der Waals surface area contributed by atoms with Crippen LogP contribution >= 0.6 is 23.7 Å². The van der Waals surface area contributed by atoms with Crippen LogP contribution in [0.2, 0.25) is 19.1 Å². The smallest absolute Gasteiger partial charge is 0.150 e. The van der Waals surface area contributed by atoms with Crippen molar-refractivity contribution in [3.63, 3.8) is 0 Å². The summed E-state index contributed by atoms with van der Waals surface area (Å²) in [5.41, 5.74) is 0. The molecule has 0 saturated carbocycles. The van der Waals surface area contributed by atoms with E-state index >= 15 is 0 Å². The third-order valence-corrected chi connectivity index (χ3v) is 9.36. The number of unbranched alkanes of at least 4 members (excludes halogenated alkanes) is 24. The van der Waals surface area contributed by atoms with Crippen LogP contribution in [-0.2, 0) is 0 Å². The average molecular weight is 505 g/mol. The van der Waals surface area contributed by atoms with Crippen LogP contribution in [0.3, 0.4) is 0 Å². The van der Waals surface area contributed by atoms with Crippen molar-refractivity contribution in [1.82, 2.24) is 0 Å². The maximum absolute atomic E-state index is 6.38. The molecule has 0 aliphatic rings. The first-order chi connectivity index (χ1) is 15.6. The Morgan fingerprint density at radius 2 is 0.562 bits per heavy atom. The van der Waals surface area contributed by atoms with Gasteiger partial charge in [0.15, 0.2) is 0 Å². The molecule has 0 spiro atoms. The van der Waals surface area contributed by atoms with Crippen molar-refractivity contribution in [2.45, 2.75) is 180 Å². The van der Waals surface area contributed by atoms with Gasteiger partial charge in [0.1, 0.15) is 7.38 Å². The predicted molar refractivity (Wildman–Crippen MR) is 157 cm³/mol. The topological polar surface area (TPSA) is 0 Å². The highest BCUT2D eigenvalue weighted by Gasteiger charge is 2.15. The van der Waals surface area contributed by atoms with Gasteiger partial charge in [-0.25, -0.2) is 0 Å². The average Bonchev–Trinajstić information content (AvgIpc) is 2.75. The summed E-state index contributed by atoms with van der Waals surface area (Å²) in [6, 6.07) is 1.30. The number of rotatable bonds is 27. The number of halogens is 1. The molecule has 0 rings (SSSR count). The molecule has 0 N–H and O–H groups in total. The molecular weight excluding hydrogens is 444 g/mol. The summed E-state index contributed by atoms with van der Waals surface area (Å²) in [5.74, 6) is 1.07. The number of hydrogen-bond donors (Lipinski definition) is 1. The van der Waals surface area contributed by atoms with Crippen molar-refractivity contribution < 1.29 is 0 Å². The quantitative estimate of drug-likeness (QED) is 0.0488. The van der Waals surface area contributed by atoms with Gasteiger partial charge in [0.2, 0.25) is 0 Å². The molecule has 0 unspecified atom stereocenters. The zero-order chi connectivity index (χ0) is 23.6. The summed E-state index contributed by atoms with van der Waals surface area (Å²) >= 11 is 10.7. The fourth-order valence-corrected chi connectivity index (χ4v) is 6.44. The first-order valence-corrected chi connectivity index (χ1v) is 19.7. The van der Waals surface area contributed by atoms with Crippen LogP contribution < -0.4 is 0 Å². The number of thiol groups is 1. The van der Waals surface area contributed by atoms with Crippen molar-refractivity contribution >= 4 is 31.1 Å². The predicted octanol–water partition coefficient (Wildman–Crippen LogP) is 12.1. The van der Waals surface area contributed by atoms with E-state index in [1.807, 2.05) is 0 Å². The van der Waals surface area contributed by atoms with Gasteiger partial charge in [-0.3, -0.25) is 0 Å². The zero-order valence-corrected chi connectivity index (χ0v) is 25.1. The highest BCUT2D eigenvalue weighted by molar-refractivity contribution is 7.80. The van der Waals surface area contributed by atoms with Gasteiger partial charge in [-0.15, -0.1) is 0 Å². The lowest BCUT2D eigenvalue weighted by Gasteiger charge is -2.11. The molecule has 3 heteroatoms. The first-order valence-electron chi connectivity index (χ1n) is 14.9. The molecule has 0 aliphatic heterocycles. The van der Waals surface area contributed by atoms with Crippen LogP contribution in [0.25, 0.3) is 0 Å². The van der Waals surface area contributed by atoms with Crippen molar-refractivity contribution in [2.24, 2.45) is 0 Å². The minimum Gasteiger partial charge on any atom is -0.179 e. The van der Waals surface area contributed by atoms with E-state index in [1.54, 1.807) is 0 Å². The lowest BCUT2D eigenvalue weighted by Crippen LogP contribution is -2.14. The highest BCUT2D eigenvalue weighted by atomic mass is 35.6. The van der Waals surface area contributed by atoms with Gasteiger partial charge in [0.25, 0.3) is 0 Å². The van der Waals surface area contributed by atoms with Gasteiger partial charge < -0.3 is 0 Å². The molecule has 0 bridgehead atoms. The Bertz CT molecular complexity index is 343. The van der Waals surface area contributed by atoms with Crippen molar-refractivity contribution in [3.05, 3.63) is 0 Å². The molecule has 0 amide bonds. The maximum atomic E-state index is 6.38. The molecule has 0 radical (unpaired) electrons. The molecule has 0 aromatic carbocycles. The monoisotopic (exact) mass is 504 g/mol. The first kappa shape index (κ1) is 32.9. The van der Waals surface area contributed by atoms with Gasteiger partial charge in [-0.1, -0.05) is 167 Å². The van der Waals surface area contributed by atoms with Crippen LogP contribution in [0.5, 0.6) is 0 Å². The summed E-state index contributed by atoms with van der Waals surface area (Å²) in [5, 5.41) is 0. The lowest BCUT2D eigenvalue weighted by atomic mass is 10.0. The van der Waals surface area contributed by atoms with Crippen molar-refractivity contribution in [3.8, 4) is 0 Å². The Balaban J connectivity index is 3.02. The second kappa shape index (κ2) is 26.5. The van der Waals surface area contributed by atoms with E-state index in [9.17, 15) is 0 Å². The molecule has 32 heavy (non-hydrogen) atoms. The largest absolute Gasteiger partial charge is 0.179 e. The molecule has 0 fully saturated rings. The minimum atomic E-state index is -1.31. The highest BCUT2D eigenvalue weighted by Crippen LogP contribution is 2.20. The molecule has 0 atom stereocenters. The van der Waals surface area contributed by atoms with E-state index in [-0.39, 0.29) is 0 Å². The van der Waals surface area contributed by atoms with Crippen LogP contribution in [-0.4, -0.2) is 13.1 Å².